The van der Waals surface area contributed by atoms with Crippen LogP contribution >= 0.6 is 0 Å². The summed E-state index contributed by atoms with van der Waals surface area (Å²) in [6.45, 7) is 8.01. The summed E-state index contributed by atoms with van der Waals surface area (Å²) in [5.74, 6) is 0.756. The molecule has 114 valence electrons. The zero-order chi connectivity index (χ0) is 15.8. The molecule has 0 saturated carbocycles. The number of ether oxygens (including phenoxy) is 1. The molecule has 2 rings (SSSR count). The first kappa shape index (κ1) is 15.8. The Bertz CT molecular complexity index is 640. The fourth-order valence-corrected chi connectivity index (χ4v) is 1.99. The highest BCUT2D eigenvalue weighted by molar-refractivity contribution is 6.61. The summed E-state index contributed by atoms with van der Waals surface area (Å²) in [5.41, 5.74) is 1.55. The second-order valence-electron chi connectivity index (χ2n) is 6.00. The highest BCUT2D eigenvalue weighted by Gasteiger charge is 2.33. The topological polar surface area (TPSA) is 69.4 Å². The van der Waals surface area contributed by atoms with Crippen molar-refractivity contribution in [3.05, 3.63) is 12.1 Å². The minimum atomic E-state index is -1.08. The summed E-state index contributed by atoms with van der Waals surface area (Å²) in [6.07, 6.45) is 0. The van der Waals surface area contributed by atoms with E-state index in [1.807, 2.05) is 27.0 Å². The Hall–Kier alpha value is -1.60. The third-order valence-corrected chi connectivity index (χ3v) is 4.04. The van der Waals surface area contributed by atoms with E-state index in [9.17, 15) is 5.02 Å². The van der Waals surface area contributed by atoms with Crippen LogP contribution in [0.5, 0.6) is 5.75 Å². The van der Waals surface area contributed by atoms with Crippen molar-refractivity contribution in [3.8, 4) is 5.75 Å². The van der Waals surface area contributed by atoms with Gasteiger partial charge in [0.25, 0.3) is 0 Å². The zero-order valence-corrected chi connectivity index (χ0v) is 13.4. The van der Waals surface area contributed by atoms with Gasteiger partial charge in [0, 0.05) is 12.5 Å². The fourth-order valence-electron chi connectivity index (χ4n) is 1.99. The van der Waals surface area contributed by atoms with Gasteiger partial charge in [0.05, 0.1) is 18.2 Å². The third-order valence-electron chi connectivity index (χ3n) is 4.04. The molecule has 0 atom stereocenters. The van der Waals surface area contributed by atoms with Crippen LogP contribution in [0, 0.1) is 5.92 Å². The molecule has 0 aliphatic rings. The zero-order valence-electron chi connectivity index (χ0n) is 13.4. The van der Waals surface area contributed by atoms with Crippen molar-refractivity contribution >= 4 is 23.6 Å². The lowest BCUT2D eigenvalue weighted by Crippen LogP contribution is -2.44. The minimum absolute atomic E-state index is 0.262. The van der Waals surface area contributed by atoms with Gasteiger partial charge in [0.2, 0.25) is 0 Å². The van der Waals surface area contributed by atoms with Crippen LogP contribution in [0.2, 0.25) is 0 Å². The fraction of sp³-hybridized carbons (Fsp3) is 0.571. The molecule has 2 aromatic rings. The first-order valence-corrected chi connectivity index (χ1v) is 7.00. The summed E-state index contributed by atoms with van der Waals surface area (Å²) in [4.78, 5) is 0. The lowest BCUT2D eigenvalue weighted by Gasteiger charge is -2.31. The summed E-state index contributed by atoms with van der Waals surface area (Å²) < 4.78 is 12.9. The van der Waals surface area contributed by atoms with Crippen LogP contribution in [0.4, 0.5) is 0 Å². The standard InChI is InChI=1S/C14H22BN3O3/c1-9(2)14(3,4)21-15(19)10-7-8-11-12(13(10)20-6)16-17-18(11)5/h7-9,19H,1-6H3. The Morgan fingerprint density at radius 3 is 2.57 bits per heavy atom. The van der Waals surface area contributed by atoms with E-state index < -0.39 is 12.7 Å². The van der Waals surface area contributed by atoms with E-state index in [4.69, 9.17) is 9.39 Å². The number of aromatic nitrogens is 3. The van der Waals surface area contributed by atoms with Gasteiger partial charge in [-0.2, -0.15) is 0 Å². The van der Waals surface area contributed by atoms with E-state index in [0.29, 0.717) is 16.7 Å². The Balaban J connectivity index is 2.42. The highest BCUT2D eigenvalue weighted by atomic mass is 16.5. The first-order chi connectivity index (χ1) is 9.77. The quantitative estimate of drug-likeness (QED) is 0.836. The Labute approximate surface area is 125 Å². The number of fused-ring (bicyclic) bond motifs is 1. The van der Waals surface area contributed by atoms with Crippen molar-refractivity contribution in [1.29, 1.82) is 0 Å². The van der Waals surface area contributed by atoms with Crippen molar-refractivity contribution in [3.63, 3.8) is 0 Å². The van der Waals surface area contributed by atoms with Crippen LogP contribution in [-0.2, 0) is 11.7 Å². The van der Waals surface area contributed by atoms with Gasteiger partial charge in [-0.25, -0.2) is 4.68 Å². The SMILES string of the molecule is COc1c(B(O)OC(C)(C)C(C)C)ccc2c1nnn2C. The molecule has 0 radical (unpaired) electrons. The molecule has 0 saturated heterocycles. The largest absolute Gasteiger partial charge is 0.495 e. The van der Waals surface area contributed by atoms with Crippen LogP contribution in [0.15, 0.2) is 12.1 Å². The van der Waals surface area contributed by atoms with Crippen molar-refractivity contribution < 1.29 is 14.4 Å². The lowest BCUT2D eigenvalue weighted by atomic mass is 9.76. The molecular formula is C14H22BN3O3. The van der Waals surface area contributed by atoms with E-state index in [1.165, 1.54) is 0 Å². The van der Waals surface area contributed by atoms with Crippen molar-refractivity contribution in [2.75, 3.05) is 7.11 Å². The summed E-state index contributed by atoms with van der Waals surface area (Å²) in [6, 6.07) is 3.63. The van der Waals surface area contributed by atoms with Gasteiger partial charge >= 0.3 is 7.12 Å². The predicted molar refractivity (Wildman–Crippen MR) is 82.7 cm³/mol. The number of rotatable bonds is 5. The van der Waals surface area contributed by atoms with Crippen LogP contribution in [0.25, 0.3) is 11.0 Å². The predicted octanol–water partition coefficient (Wildman–Crippen LogP) is 1.12. The molecule has 6 nitrogen and oxygen atoms in total. The molecule has 1 aromatic carbocycles. The summed E-state index contributed by atoms with van der Waals surface area (Å²) in [7, 11) is 2.28. The molecule has 0 amide bonds. The summed E-state index contributed by atoms with van der Waals surface area (Å²) in [5, 5.41) is 18.5. The molecule has 0 spiro atoms. The van der Waals surface area contributed by atoms with Crippen molar-refractivity contribution in [2.24, 2.45) is 13.0 Å². The van der Waals surface area contributed by atoms with E-state index in [2.05, 4.69) is 24.2 Å². The van der Waals surface area contributed by atoms with Gasteiger partial charge < -0.3 is 14.4 Å². The van der Waals surface area contributed by atoms with Gasteiger partial charge in [0.15, 0.2) is 5.52 Å². The molecule has 0 fully saturated rings. The molecular weight excluding hydrogens is 269 g/mol. The Kier molecular flexibility index (Phi) is 4.25. The van der Waals surface area contributed by atoms with Crippen LogP contribution in [0.3, 0.4) is 0 Å². The number of nitrogens with zero attached hydrogens (tertiary/aromatic N) is 3. The van der Waals surface area contributed by atoms with E-state index in [-0.39, 0.29) is 5.92 Å². The Morgan fingerprint density at radius 1 is 1.33 bits per heavy atom. The second kappa shape index (κ2) is 5.65. The number of hydrogen-bond acceptors (Lipinski definition) is 5. The molecule has 0 bridgehead atoms. The van der Waals surface area contributed by atoms with Crippen LogP contribution in [-0.4, -0.2) is 39.8 Å². The maximum absolute atomic E-state index is 10.4. The normalized spacial score (nSPS) is 12.2. The third kappa shape index (κ3) is 2.89. The second-order valence-corrected chi connectivity index (χ2v) is 6.00. The van der Waals surface area contributed by atoms with Crippen molar-refractivity contribution in [2.45, 2.75) is 33.3 Å². The molecule has 1 N–H and O–H groups in total. The maximum Gasteiger partial charge on any atom is 0.495 e. The first-order valence-electron chi connectivity index (χ1n) is 7.00. The maximum atomic E-state index is 10.4. The molecule has 1 aromatic heterocycles. The number of hydrogen-bond donors (Lipinski definition) is 1. The van der Waals surface area contributed by atoms with Crippen molar-refractivity contribution in [1.82, 2.24) is 15.0 Å². The van der Waals surface area contributed by atoms with E-state index in [1.54, 1.807) is 17.9 Å². The monoisotopic (exact) mass is 291 g/mol. The number of benzene rings is 1. The molecule has 0 aliphatic carbocycles. The molecule has 7 heteroatoms. The van der Waals surface area contributed by atoms with E-state index >= 15 is 0 Å². The highest BCUT2D eigenvalue weighted by Crippen LogP contribution is 2.24. The lowest BCUT2D eigenvalue weighted by molar-refractivity contribution is 0.0422. The minimum Gasteiger partial charge on any atom is -0.495 e. The van der Waals surface area contributed by atoms with Crippen LogP contribution in [0.1, 0.15) is 27.7 Å². The smallest absolute Gasteiger partial charge is 0.495 e. The average Bonchev–Trinajstić information content (AvgIpc) is 2.78. The van der Waals surface area contributed by atoms with Crippen LogP contribution < -0.4 is 10.2 Å². The Morgan fingerprint density at radius 2 is 2.00 bits per heavy atom. The number of aryl methyl sites for hydroxylation is 1. The van der Waals surface area contributed by atoms with Gasteiger partial charge in [-0.05, 0) is 25.8 Å². The van der Waals surface area contributed by atoms with Gasteiger partial charge in [-0.15, -0.1) is 5.10 Å². The van der Waals surface area contributed by atoms with Gasteiger partial charge in [-0.3, -0.25) is 0 Å². The van der Waals surface area contributed by atoms with Gasteiger partial charge in [0.1, 0.15) is 5.75 Å². The van der Waals surface area contributed by atoms with Gasteiger partial charge in [-0.1, -0.05) is 25.1 Å². The molecule has 0 unspecified atom stereocenters. The summed E-state index contributed by atoms with van der Waals surface area (Å²) >= 11 is 0. The molecule has 21 heavy (non-hydrogen) atoms. The van der Waals surface area contributed by atoms with E-state index in [0.717, 1.165) is 5.52 Å². The molecule has 1 heterocycles. The average molecular weight is 291 g/mol. The number of methoxy groups -OCH3 is 1. The molecule has 0 aliphatic heterocycles.